The number of amides is 2. The van der Waals surface area contributed by atoms with Crippen LogP contribution in [-0.2, 0) is 11.2 Å². The van der Waals surface area contributed by atoms with Crippen LogP contribution in [-0.4, -0.2) is 18.4 Å². The fourth-order valence-corrected chi connectivity index (χ4v) is 2.88. The Bertz CT molecular complexity index is 1010. The molecule has 3 aromatic rings. The Morgan fingerprint density at radius 1 is 1.03 bits per heavy atom. The quantitative estimate of drug-likeness (QED) is 0.570. The Morgan fingerprint density at radius 3 is 2.48 bits per heavy atom. The molecule has 0 unspecified atom stereocenters. The van der Waals surface area contributed by atoms with Crippen LogP contribution in [0.4, 0.5) is 0 Å². The van der Waals surface area contributed by atoms with Crippen molar-refractivity contribution < 1.29 is 14.0 Å². The van der Waals surface area contributed by atoms with Crippen LogP contribution in [0.5, 0.6) is 0 Å². The first-order valence-electron chi connectivity index (χ1n) is 9.18. The number of benzene rings is 2. The zero-order valence-electron chi connectivity index (χ0n) is 15.9. The molecule has 0 spiro atoms. The molecule has 1 aromatic heterocycles. The second-order valence-electron chi connectivity index (χ2n) is 6.47. The van der Waals surface area contributed by atoms with Crippen LogP contribution in [0.1, 0.15) is 27.2 Å². The molecule has 0 saturated heterocycles. The molecule has 29 heavy (non-hydrogen) atoms. The molecule has 3 rings (SSSR count). The van der Waals surface area contributed by atoms with Crippen LogP contribution in [0.3, 0.4) is 0 Å². The Morgan fingerprint density at radius 2 is 1.79 bits per heavy atom. The highest BCUT2D eigenvalue weighted by Gasteiger charge is 2.16. The van der Waals surface area contributed by atoms with E-state index in [2.05, 4.69) is 10.6 Å². The maximum Gasteiger partial charge on any atom is 0.267 e. The van der Waals surface area contributed by atoms with Crippen molar-refractivity contribution in [1.82, 2.24) is 10.6 Å². The third kappa shape index (κ3) is 5.83. The van der Waals surface area contributed by atoms with Gasteiger partial charge in [0.15, 0.2) is 0 Å². The maximum absolute atomic E-state index is 12.7. The lowest BCUT2D eigenvalue weighted by Crippen LogP contribution is -2.36. The van der Waals surface area contributed by atoms with E-state index >= 15 is 0 Å². The van der Waals surface area contributed by atoms with Crippen LogP contribution in [0.25, 0.3) is 6.08 Å². The van der Waals surface area contributed by atoms with Crippen LogP contribution in [0.15, 0.2) is 77.0 Å². The standard InChI is InChI=1S/C23H21ClN2O3/c1-16-5-2-3-7-20(16)22(27)26-21(15-19-6-4-14-29-19)23(28)25-13-12-17-8-10-18(24)11-9-17/h2-11,14-15H,12-13H2,1H3,(H,25,28)(H,26,27)/b21-15-. The van der Waals surface area contributed by atoms with Gasteiger partial charge in [0.1, 0.15) is 11.5 Å². The second-order valence-corrected chi connectivity index (χ2v) is 6.91. The molecular formula is C23H21ClN2O3. The maximum atomic E-state index is 12.7. The van der Waals surface area contributed by atoms with Gasteiger partial charge in [0, 0.05) is 23.2 Å². The number of rotatable bonds is 7. The molecule has 6 heteroatoms. The first kappa shape index (κ1) is 20.4. The van der Waals surface area contributed by atoms with Gasteiger partial charge in [0.25, 0.3) is 11.8 Å². The van der Waals surface area contributed by atoms with E-state index in [1.54, 1.807) is 24.3 Å². The molecule has 0 atom stereocenters. The number of aryl methyl sites for hydroxylation is 1. The van der Waals surface area contributed by atoms with Crippen molar-refractivity contribution in [3.05, 3.63) is 100 Å². The first-order chi connectivity index (χ1) is 14.0. The van der Waals surface area contributed by atoms with E-state index in [0.717, 1.165) is 11.1 Å². The third-order valence-corrected chi connectivity index (χ3v) is 4.58. The van der Waals surface area contributed by atoms with Crippen molar-refractivity contribution in [2.45, 2.75) is 13.3 Å². The number of hydrogen-bond acceptors (Lipinski definition) is 3. The Labute approximate surface area is 174 Å². The molecule has 2 amide bonds. The predicted molar refractivity (Wildman–Crippen MR) is 113 cm³/mol. The van der Waals surface area contributed by atoms with Gasteiger partial charge in [-0.25, -0.2) is 0 Å². The lowest BCUT2D eigenvalue weighted by atomic mass is 10.1. The van der Waals surface area contributed by atoms with Crippen molar-refractivity contribution in [2.75, 3.05) is 6.54 Å². The third-order valence-electron chi connectivity index (χ3n) is 4.32. The fraction of sp³-hybridized carbons (Fsp3) is 0.130. The molecule has 0 radical (unpaired) electrons. The summed E-state index contributed by atoms with van der Waals surface area (Å²) in [6, 6.07) is 18.1. The highest BCUT2D eigenvalue weighted by atomic mass is 35.5. The minimum absolute atomic E-state index is 0.115. The zero-order chi connectivity index (χ0) is 20.6. The largest absolute Gasteiger partial charge is 0.465 e. The summed E-state index contributed by atoms with van der Waals surface area (Å²) in [5.74, 6) is -0.274. The average Bonchev–Trinajstić information content (AvgIpc) is 3.22. The van der Waals surface area contributed by atoms with Gasteiger partial charge >= 0.3 is 0 Å². The number of halogens is 1. The number of carbonyl (C=O) groups is 2. The van der Waals surface area contributed by atoms with Gasteiger partial charge in [-0.3, -0.25) is 9.59 Å². The molecule has 0 aliphatic carbocycles. The van der Waals surface area contributed by atoms with Gasteiger partial charge in [-0.2, -0.15) is 0 Å². The average molecular weight is 409 g/mol. The molecule has 148 valence electrons. The van der Waals surface area contributed by atoms with Gasteiger partial charge in [-0.05, 0) is 54.8 Å². The van der Waals surface area contributed by atoms with Gasteiger partial charge in [-0.1, -0.05) is 41.9 Å². The minimum atomic E-state index is -0.391. The highest BCUT2D eigenvalue weighted by Crippen LogP contribution is 2.11. The summed E-state index contributed by atoms with van der Waals surface area (Å²) < 4.78 is 5.29. The lowest BCUT2D eigenvalue weighted by molar-refractivity contribution is -0.117. The first-order valence-corrected chi connectivity index (χ1v) is 9.55. The minimum Gasteiger partial charge on any atom is -0.465 e. The van der Waals surface area contributed by atoms with Crippen LogP contribution in [0.2, 0.25) is 5.02 Å². The Balaban J connectivity index is 1.69. The van der Waals surface area contributed by atoms with E-state index in [1.807, 2.05) is 43.3 Å². The van der Waals surface area contributed by atoms with E-state index < -0.39 is 5.91 Å². The van der Waals surface area contributed by atoms with Crippen LogP contribution < -0.4 is 10.6 Å². The van der Waals surface area contributed by atoms with Gasteiger partial charge in [0.2, 0.25) is 0 Å². The van der Waals surface area contributed by atoms with Crippen molar-refractivity contribution in [1.29, 1.82) is 0 Å². The molecule has 0 aliphatic heterocycles. The van der Waals surface area contributed by atoms with E-state index in [9.17, 15) is 9.59 Å². The van der Waals surface area contributed by atoms with Gasteiger partial charge in [0.05, 0.1) is 6.26 Å². The summed E-state index contributed by atoms with van der Waals surface area (Å²) in [4.78, 5) is 25.4. The van der Waals surface area contributed by atoms with E-state index in [-0.39, 0.29) is 11.6 Å². The van der Waals surface area contributed by atoms with E-state index in [0.29, 0.717) is 29.3 Å². The summed E-state index contributed by atoms with van der Waals surface area (Å²) in [6.07, 6.45) is 3.65. The Hall–Kier alpha value is -3.31. The zero-order valence-corrected chi connectivity index (χ0v) is 16.7. The van der Waals surface area contributed by atoms with Gasteiger partial charge < -0.3 is 15.1 Å². The number of hydrogen-bond donors (Lipinski definition) is 2. The van der Waals surface area contributed by atoms with Crippen LogP contribution >= 0.6 is 11.6 Å². The molecule has 5 nitrogen and oxygen atoms in total. The molecule has 2 aromatic carbocycles. The summed E-state index contributed by atoms with van der Waals surface area (Å²) in [6.45, 7) is 2.26. The van der Waals surface area contributed by atoms with Crippen LogP contribution in [0, 0.1) is 6.92 Å². The molecule has 0 saturated carbocycles. The predicted octanol–water partition coefficient (Wildman–Crippen LogP) is 4.37. The van der Waals surface area contributed by atoms with Crippen molar-refractivity contribution in [2.24, 2.45) is 0 Å². The monoisotopic (exact) mass is 408 g/mol. The molecule has 1 heterocycles. The molecule has 0 bridgehead atoms. The summed E-state index contributed by atoms with van der Waals surface area (Å²) >= 11 is 5.89. The topological polar surface area (TPSA) is 71.3 Å². The number of nitrogens with one attached hydrogen (secondary N) is 2. The number of furan rings is 1. The Kier molecular flexibility index (Phi) is 6.87. The van der Waals surface area contributed by atoms with E-state index in [1.165, 1.54) is 12.3 Å². The SMILES string of the molecule is Cc1ccccc1C(=O)N/C(=C\c1ccco1)C(=O)NCCc1ccc(Cl)cc1. The van der Waals surface area contributed by atoms with Crippen molar-refractivity contribution in [3.8, 4) is 0 Å². The summed E-state index contributed by atoms with van der Waals surface area (Å²) in [5.41, 5.74) is 2.50. The van der Waals surface area contributed by atoms with E-state index in [4.69, 9.17) is 16.0 Å². The molecule has 2 N–H and O–H groups in total. The summed E-state index contributed by atoms with van der Waals surface area (Å²) in [5, 5.41) is 6.20. The molecule has 0 aliphatic rings. The number of carbonyl (C=O) groups excluding carboxylic acids is 2. The fourth-order valence-electron chi connectivity index (χ4n) is 2.76. The normalized spacial score (nSPS) is 11.2. The molecule has 0 fully saturated rings. The van der Waals surface area contributed by atoms with Crippen molar-refractivity contribution >= 4 is 29.5 Å². The lowest BCUT2D eigenvalue weighted by Gasteiger charge is -2.12. The van der Waals surface area contributed by atoms with Gasteiger partial charge in [-0.15, -0.1) is 0 Å². The smallest absolute Gasteiger partial charge is 0.267 e. The highest BCUT2D eigenvalue weighted by molar-refractivity contribution is 6.30. The van der Waals surface area contributed by atoms with Crippen molar-refractivity contribution in [3.63, 3.8) is 0 Å². The molecular weight excluding hydrogens is 388 g/mol. The second kappa shape index (κ2) is 9.75. The summed E-state index contributed by atoms with van der Waals surface area (Å²) in [7, 11) is 0.